The van der Waals surface area contributed by atoms with Crippen LogP contribution in [0.25, 0.3) is 4.96 Å². The van der Waals surface area contributed by atoms with Crippen LogP contribution in [0, 0.1) is 0 Å². The monoisotopic (exact) mass is 318 g/mol. The fourth-order valence-corrected chi connectivity index (χ4v) is 4.02. The van der Waals surface area contributed by atoms with E-state index in [4.69, 9.17) is 4.98 Å². The lowest BCUT2D eigenvalue weighted by molar-refractivity contribution is 0.668. The number of nitrogens with one attached hydrogen (secondary N) is 1. The lowest BCUT2D eigenvalue weighted by Crippen LogP contribution is -2.22. The maximum Gasteiger partial charge on any atom is 0.195 e. The zero-order chi connectivity index (χ0) is 14.2. The van der Waals surface area contributed by atoms with Crippen LogP contribution in [-0.4, -0.2) is 22.5 Å². The first-order valence-corrected chi connectivity index (χ1v) is 8.98. The molecular formula is C15H18N4S2. The molecule has 0 unspecified atom stereocenters. The third-order valence-corrected chi connectivity index (χ3v) is 5.43. The number of thiophene rings is 1. The van der Waals surface area contributed by atoms with Crippen LogP contribution in [0.4, 0.5) is 5.82 Å². The molecule has 1 saturated carbocycles. The number of fused-ring (bicyclic) bond motifs is 1. The lowest BCUT2D eigenvalue weighted by atomic mass is 10.3. The van der Waals surface area contributed by atoms with E-state index in [9.17, 15) is 0 Å². The Labute approximate surface area is 132 Å². The van der Waals surface area contributed by atoms with Gasteiger partial charge in [-0.2, -0.15) is 0 Å². The summed E-state index contributed by atoms with van der Waals surface area (Å²) < 4.78 is 2.22. The molecule has 110 valence electrons. The summed E-state index contributed by atoms with van der Waals surface area (Å²) in [5.74, 6) is 1.10. The molecule has 3 heterocycles. The summed E-state index contributed by atoms with van der Waals surface area (Å²) in [6.07, 6.45) is 4.75. The second kappa shape index (κ2) is 5.44. The number of aromatic nitrogens is 2. The van der Waals surface area contributed by atoms with E-state index >= 15 is 0 Å². The Morgan fingerprint density at radius 1 is 1.38 bits per heavy atom. The smallest absolute Gasteiger partial charge is 0.195 e. The molecule has 3 aromatic heterocycles. The number of hydrogen-bond acceptors (Lipinski definition) is 5. The van der Waals surface area contributed by atoms with Crippen molar-refractivity contribution in [2.75, 3.05) is 11.9 Å². The minimum absolute atomic E-state index is 0.713. The predicted molar refractivity (Wildman–Crippen MR) is 89.4 cm³/mol. The summed E-state index contributed by atoms with van der Waals surface area (Å²) in [4.78, 5) is 9.53. The summed E-state index contributed by atoms with van der Waals surface area (Å²) in [5.41, 5.74) is 1.28. The van der Waals surface area contributed by atoms with Crippen LogP contribution >= 0.6 is 22.7 Å². The first-order valence-electron chi connectivity index (χ1n) is 7.22. The van der Waals surface area contributed by atoms with Gasteiger partial charge in [-0.25, -0.2) is 4.98 Å². The van der Waals surface area contributed by atoms with Crippen LogP contribution in [0.15, 0.2) is 29.1 Å². The van der Waals surface area contributed by atoms with Crippen LogP contribution in [0.1, 0.15) is 23.4 Å². The molecule has 4 rings (SSSR count). The van der Waals surface area contributed by atoms with Crippen molar-refractivity contribution in [3.8, 4) is 0 Å². The Bertz CT molecular complexity index is 724. The molecule has 1 aliphatic carbocycles. The molecule has 0 aliphatic heterocycles. The molecule has 6 heteroatoms. The average Bonchev–Trinajstić information content (AvgIpc) is 2.90. The summed E-state index contributed by atoms with van der Waals surface area (Å²) >= 11 is 3.50. The first kappa shape index (κ1) is 13.3. The van der Waals surface area contributed by atoms with Crippen LogP contribution in [-0.2, 0) is 13.1 Å². The van der Waals surface area contributed by atoms with Gasteiger partial charge in [-0.05, 0) is 24.3 Å². The van der Waals surface area contributed by atoms with Gasteiger partial charge in [-0.3, -0.25) is 4.40 Å². The van der Waals surface area contributed by atoms with Gasteiger partial charge in [-0.1, -0.05) is 6.07 Å². The van der Waals surface area contributed by atoms with E-state index < -0.39 is 0 Å². The van der Waals surface area contributed by atoms with Gasteiger partial charge in [0.15, 0.2) is 10.8 Å². The van der Waals surface area contributed by atoms with Crippen molar-refractivity contribution in [2.24, 2.45) is 0 Å². The highest BCUT2D eigenvalue weighted by atomic mass is 32.1. The molecule has 3 aromatic rings. The molecule has 21 heavy (non-hydrogen) atoms. The van der Waals surface area contributed by atoms with E-state index in [1.165, 1.54) is 23.4 Å². The number of thiazole rings is 1. The third-order valence-electron chi connectivity index (χ3n) is 3.81. The van der Waals surface area contributed by atoms with Crippen molar-refractivity contribution in [1.29, 1.82) is 0 Å². The molecule has 0 saturated heterocycles. The molecule has 1 N–H and O–H groups in total. The van der Waals surface area contributed by atoms with Gasteiger partial charge in [-0.15, -0.1) is 22.7 Å². The van der Waals surface area contributed by atoms with Gasteiger partial charge in [0.2, 0.25) is 0 Å². The van der Waals surface area contributed by atoms with Crippen molar-refractivity contribution in [3.05, 3.63) is 39.7 Å². The average molecular weight is 318 g/mol. The Morgan fingerprint density at radius 3 is 3.05 bits per heavy atom. The molecule has 0 spiro atoms. The SMILES string of the molecule is CN(Cc1cccs1)c1nc2sccn2c1CNC1CC1. The number of imidazole rings is 1. The van der Waals surface area contributed by atoms with E-state index in [0.29, 0.717) is 6.04 Å². The molecule has 1 fully saturated rings. The predicted octanol–water partition coefficient (Wildman–Crippen LogP) is 3.35. The fraction of sp³-hybridized carbons (Fsp3) is 0.400. The number of nitrogens with zero attached hydrogens (tertiary/aromatic N) is 3. The van der Waals surface area contributed by atoms with E-state index in [0.717, 1.165) is 23.9 Å². The summed E-state index contributed by atoms with van der Waals surface area (Å²) in [7, 11) is 2.13. The molecule has 4 nitrogen and oxygen atoms in total. The standard InChI is InChI=1S/C15H18N4S2/c1-18(10-12-3-2-7-20-12)14-13(9-16-11-4-5-11)19-6-8-21-15(19)17-14/h2-3,6-8,11,16H,4-5,9-10H2,1H3. The van der Waals surface area contributed by atoms with Crippen molar-refractivity contribution in [2.45, 2.75) is 32.0 Å². The quantitative estimate of drug-likeness (QED) is 0.756. The largest absolute Gasteiger partial charge is 0.353 e. The topological polar surface area (TPSA) is 32.6 Å². The molecule has 0 atom stereocenters. The van der Waals surface area contributed by atoms with Gasteiger partial charge < -0.3 is 10.2 Å². The normalized spacial score (nSPS) is 14.9. The zero-order valence-electron chi connectivity index (χ0n) is 12.0. The molecule has 1 aliphatic rings. The van der Waals surface area contributed by atoms with Gasteiger partial charge >= 0.3 is 0 Å². The minimum atomic E-state index is 0.713. The van der Waals surface area contributed by atoms with Crippen molar-refractivity contribution >= 4 is 33.5 Å². The molecule has 0 aromatic carbocycles. The van der Waals surface area contributed by atoms with Crippen molar-refractivity contribution < 1.29 is 0 Å². The summed E-state index contributed by atoms with van der Waals surface area (Å²) in [6, 6.07) is 5.00. The lowest BCUT2D eigenvalue weighted by Gasteiger charge is -2.17. The fourth-order valence-electron chi connectivity index (χ4n) is 2.53. The van der Waals surface area contributed by atoms with Crippen LogP contribution < -0.4 is 10.2 Å². The van der Waals surface area contributed by atoms with Gasteiger partial charge in [0.05, 0.1) is 12.2 Å². The van der Waals surface area contributed by atoms with E-state index in [-0.39, 0.29) is 0 Å². The number of rotatable bonds is 6. The Kier molecular flexibility index (Phi) is 3.45. The number of hydrogen-bond donors (Lipinski definition) is 1. The van der Waals surface area contributed by atoms with Crippen LogP contribution in [0.3, 0.4) is 0 Å². The van der Waals surface area contributed by atoms with Crippen molar-refractivity contribution in [1.82, 2.24) is 14.7 Å². The maximum absolute atomic E-state index is 4.82. The molecule has 0 amide bonds. The van der Waals surface area contributed by atoms with Crippen LogP contribution in [0.2, 0.25) is 0 Å². The van der Waals surface area contributed by atoms with Gasteiger partial charge in [0, 0.05) is 36.1 Å². The molecular weight excluding hydrogens is 300 g/mol. The first-order chi connectivity index (χ1) is 10.3. The van der Waals surface area contributed by atoms with Gasteiger partial charge in [0.25, 0.3) is 0 Å². The van der Waals surface area contributed by atoms with E-state index in [2.05, 4.69) is 50.8 Å². The maximum atomic E-state index is 4.82. The van der Waals surface area contributed by atoms with E-state index in [1.54, 1.807) is 22.7 Å². The highest BCUT2D eigenvalue weighted by Gasteiger charge is 2.23. The molecule has 0 bridgehead atoms. The summed E-state index contributed by atoms with van der Waals surface area (Å²) in [5, 5.41) is 7.85. The third kappa shape index (κ3) is 2.71. The second-order valence-electron chi connectivity index (χ2n) is 5.53. The zero-order valence-corrected chi connectivity index (χ0v) is 13.6. The second-order valence-corrected chi connectivity index (χ2v) is 7.43. The Morgan fingerprint density at radius 2 is 2.29 bits per heavy atom. The highest BCUT2D eigenvalue weighted by molar-refractivity contribution is 7.15. The Balaban J connectivity index is 1.62. The molecule has 0 radical (unpaired) electrons. The highest BCUT2D eigenvalue weighted by Crippen LogP contribution is 2.27. The van der Waals surface area contributed by atoms with Crippen LogP contribution in [0.5, 0.6) is 0 Å². The number of anilines is 1. The Hall–Kier alpha value is -1.37. The van der Waals surface area contributed by atoms with Crippen molar-refractivity contribution in [3.63, 3.8) is 0 Å². The van der Waals surface area contributed by atoms with Gasteiger partial charge in [0.1, 0.15) is 0 Å². The minimum Gasteiger partial charge on any atom is -0.353 e. The summed E-state index contributed by atoms with van der Waals surface area (Å²) in [6.45, 7) is 1.81. The van der Waals surface area contributed by atoms with E-state index in [1.807, 2.05) is 0 Å².